The Morgan fingerprint density at radius 3 is 2.92 bits per heavy atom. The van der Waals surface area contributed by atoms with Crippen molar-refractivity contribution in [1.82, 2.24) is 9.88 Å². The standard InChI is InChI=1S/C20H25N3O3/c1-15-5-3-4-6-17(15)12-20(14-24)13-23(9-10-26-20)19(25)16-7-8-22-18(11-16)21-2/h3-8,11,24H,9-10,12-14H2,1-2H3,(H,21,22)/t20-/m1/s1. The molecular formula is C20H25N3O3. The number of nitrogens with zero attached hydrogens (tertiary/aromatic N) is 2. The maximum Gasteiger partial charge on any atom is 0.254 e. The highest BCUT2D eigenvalue weighted by atomic mass is 16.5. The van der Waals surface area contributed by atoms with Crippen LogP contribution in [0.5, 0.6) is 0 Å². The number of pyridine rings is 1. The van der Waals surface area contributed by atoms with Gasteiger partial charge in [-0.2, -0.15) is 0 Å². The molecule has 1 saturated heterocycles. The molecule has 6 nitrogen and oxygen atoms in total. The lowest BCUT2D eigenvalue weighted by Gasteiger charge is -2.42. The first-order chi connectivity index (χ1) is 12.6. The molecule has 2 aromatic rings. The fraction of sp³-hybridized carbons (Fsp3) is 0.400. The molecule has 0 spiro atoms. The lowest BCUT2D eigenvalue weighted by molar-refractivity contribution is -0.123. The van der Waals surface area contributed by atoms with Gasteiger partial charge in [-0.25, -0.2) is 4.98 Å². The highest BCUT2D eigenvalue weighted by molar-refractivity contribution is 5.95. The quantitative estimate of drug-likeness (QED) is 0.857. The molecule has 1 aromatic heterocycles. The van der Waals surface area contributed by atoms with E-state index in [1.807, 2.05) is 31.2 Å². The monoisotopic (exact) mass is 355 g/mol. The van der Waals surface area contributed by atoms with Gasteiger partial charge in [-0.15, -0.1) is 0 Å². The smallest absolute Gasteiger partial charge is 0.254 e. The van der Waals surface area contributed by atoms with Gasteiger partial charge in [0.15, 0.2) is 0 Å². The van der Waals surface area contributed by atoms with E-state index in [4.69, 9.17) is 4.74 Å². The molecule has 1 atom stereocenters. The second-order valence-corrected chi connectivity index (χ2v) is 6.70. The third-order valence-corrected chi connectivity index (χ3v) is 4.86. The van der Waals surface area contributed by atoms with Crippen molar-refractivity contribution in [2.24, 2.45) is 0 Å². The van der Waals surface area contributed by atoms with Crippen LogP contribution < -0.4 is 5.32 Å². The molecule has 26 heavy (non-hydrogen) atoms. The van der Waals surface area contributed by atoms with E-state index in [1.165, 1.54) is 0 Å². The van der Waals surface area contributed by atoms with E-state index in [9.17, 15) is 9.90 Å². The van der Waals surface area contributed by atoms with E-state index >= 15 is 0 Å². The van der Waals surface area contributed by atoms with Crippen LogP contribution in [0, 0.1) is 6.92 Å². The maximum atomic E-state index is 12.9. The number of hydrogen-bond acceptors (Lipinski definition) is 5. The second-order valence-electron chi connectivity index (χ2n) is 6.70. The zero-order chi connectivity index (χ0) is 18.6. The summed E-state index contributed by atoms with van der Waals surface area (Å²) in [5.74, 6) is 0.576. The van der Waals surface area contributed by atoms with Crippen LogP contribution in [0.3, 0.4) is 0 Å². The minimum absolute atomic E-state index is 0.0743. The van der Waals surface area contributed by atoms with Crippen LogP contribution in [-0.2, 0) is 11.2 Å². The number of amides is 1. The topological polar surface area (TPSA) is 74.7 Å². The summed E-state index contributed by atoms with van der Waals surface area (Å²) in [4.78, 5) is 18.8. The summed E-state index contributed by atoms with van der Waals surface area (Å²) in [6.45, 7) is 3.17. The van der Waals surface area contributed by atoms with Gasteiger partial charge in [0.25, 0.3) is 5.91 Å². The number of nitrogens with one attached hydrogen (secondary N) is 1. The number of aliphatic hydroxyl groups excluding tert-OH is 1. The molecule has 1 aromatic carbocycles. The minimum atomic E-state index is -0.779. The van der Waals surface area contributed by atoms with Crippen molar-refractivity contribution < 1.29 is 14.6 Å². The summed E-state index contributed by atoms with van der Waals surface area (Å²) >= 11 is 0. The number of rotatable bonds is 5. The van der Waals surface area contributed by atoms with Crippen molar-refractivity contribution in [3.05, 3.63) is 59.3 Å². The van der Waals surface area contributed by atoms with Gasteiger partial charge in [-0.3, -0.25) is 4.79 Å². The molecular weight excluding hydrogens is 330 g/mol. The Bertz CT molecular complexity index is 780. The van der Waals surface area contributed by atoms with E-state index in [2.05, 4.69) is 10.3 Å². The van der Waals surface area contributed by atoms with Crippen molar-refractivity contribution in [2.75, 3.05) is 38.7 Å². The number of morpholine rings is 1. The lowest BCUT2D eigenvalue weighted by atomic mass is 9.90. The van der Waals surface area contributed by atoms with Gasteiger partial charge in [0.2, 0.25) is 0 Å². The Morgan fingerprint density at radius 2 is 2.19 bits per heavy atom. The molecule has 0 unspecified atom stereocenters. The largest absolute Gasteiger partial charge is 0.393 e. The van der Waals surface area contributed by atoms with Crippen molar-refractivity contribution in [2.45, 2.75) is 18.9 Å². The minimum Gasteiger partial charge on any atom is -0.393 e. The van der Waals surface area contributed by atoms with E-state index in [0.29, 0.717) is 37.5 Å². The number of ether oxygens (including phenoxy) is 1. The van der Waals surface area contributed by atoms with E-state index in [1.54, 1.807) is 30.3 Å². The number of aromatic nitrogens is 1. The normalized spacial score (nSPS) is 20.0. The number of aliphatic hydroxyl groups is 1. The van der Waals surface area contributed by atoms with Gasteiger partial charge < -0.3 is 20.1 Å². The van der Waals surface area contributed by atoms with Crippen LogP contribution in [0.4, 0.5) is 5.82 Å². The van der Waals surface area contributed by atoms with Crippen LogP contribution in [0.1, 0.15) is 21.5 Å². The van der Waals surface area contributed by atoms with Gasteiger partial charge >= 0.3 is 0 Å². The fourth-order valence-electron chi connectivity index (χ4n) is 3.32. The number of hydrogen-bond donors (Lipinski definition) is 2. The first kappa shape index (κ1) is 18.4. The summed E-state index contributed by atoms with van der Waals surface area (Å²) in [6, 6.07) is 11.5. The first-order valence-corrected chi connectivity index (χ1v) is 8.79. The predicted octanol–water partition coefficient (Wildman–Crippen LogP) is 1.88. The molecule has 3 rings (SSSR count). The van der Waals surface area contributed by atoms with E-state index in [-0.39, 0.29) is 12.5 Å². The zero-order valence-electron chi connectivity index (χ0n) is 15.2. The number of carbonyl (C=O) groups excluding carboxylic acids is 1. The Morgan fingerprint density at radius 1 is 1.38 bits per heavy atom. The van der Waals surface area contributed by atoms with Crippen molar-refractivity contribution >= 4 is 11.7 Å². The maximum absolute atomic E-state index is 12.9. The van der Waals surface area contributed by atoms with Crippen LogP contribution in [-0.4, -0.2) is 59.8 Å². The predicted molar refractivity (Wildman–Crippen MR) is 100 cm³/mol. The summed E-state index contributed by atoms with van der Waals surface area (Å²) in [6.07, 6.45) is 2.18. The summed E-state index contributed by atoms with van der Waals surface area (Å²) in [5.41, 5.74) is 2.07. The molecule has 2 N–H and O–H groups in total. The van der Waals surface area contributed by atoms with Crippen LogP contribution in [0.2, 0.25) is 0 Å². The number of benzene rings is 1. The van der Waals surface area contributed by atoms with Gasteiger partial charge in [0.05, 0.1) is 19.8 Å². The van der Waals surface area contributed by atoms with Gasteiger partial charge in [-0.1, -0.05) is 24.3 Å². The fourth-order valence-corrected chi connectivity index (χ4v) is 3.32. The molecule has 1 aliphatic rings. The summed E-state index contributed by atoms with van der Waals surface area (Å²) in [5, 5.41) is 13.0. The van der Waals surface area contributed by atoms with E-state index in [0.717, 1.165) is 11.1 Å². The highest BCUT2D eigenvalue weighted by Crippen LogP contribution is 2.25. The second kappa shape index (κ2) is 7.85. The molecule has 0 aliphatic carbocycles. The first-order valence-electron chi connectivity index (χ1n) is 8.79. The summed E-state index contributed by atoms with van der Waals surface area (Å²) in [7, 11) is 1.77. The number of anilines is 1. The van der Waals surface area contributed by atoms with Crippen LogP contribution in [0.25, 0.3) is 0 Å². The highest BCUT2D eigenvalue weighted by Gasteiger charge is 2.38. The average Bonchev–Trinajstić information content (AvgIpc) is 2.69. The van der Waals surface area contributed by atoms with Crippen LogP contribution in [0.15, 0.2) is 42.6 Å². The molecule has 1 amide bonds. The van der Waals surface area contributed by atoms with E-state index < -0.39 is 5.60 Å². The zero-order valence-corrected chi connectivity index (χ0v) is 15.2. The van der Waals surface area contributed by atoms with Crippen molar-refractivity contribution in [3.63, 3.8) is 0 Å². The molecule has 1 aliphatic heterocycles. The average molecular weight is 355 g/mol. The third-order valence-electron chi connectivity index (χ3n) is 4.86. The SMILES string of the molecule is CNc1cc(C(=O)N2CCO[C@](CO)(Cc3ccccc3C)C2)ccn1. The van der Waals surface area contributed by atoms with Gasteiger partial charge in [0, 0.05) is 31.8 Å². The molecule has 138 valence electrons. The molecule has 0 radical (unpaired) electrons. The molecule has 1 fully saturated rings. The third kappa shape index (κ3) is 3.86. The molecule has 6 heteroatoms. The number of aryl methyl sites for hydroxylation is 1. The van der Waals surface area contributed by atoms with Gasteiger partial charge in [-0.05, 0) is 30.2 Å². The van der Waals surface area contributed by atoms with Crippen LogP contribution >= 0.6 is 0 Å². The van der Waals surface area contributed by atoms with Gasteiger partial charge in [0.1, 0.15) is 11.4 Å². The molecule has 0 bridgehead atoms. The molecule has 2 heterocycles. The van der Waals surface area contributed by atoms with Crippen molar-refractivity contribution in [3.8, 4) is 0 Å². The lowest BCUT2D eigenvalue weighted by Crippen LogP contribution is -2.56. The Balaban J connectivity index is 1.80. The molecule has 0 saturated carbocycles. The van der Waals surface area contributed by atoms with Crippen molar-refractivity contribution in [1.29, 1.82) is 0 Å². The Hall–Kier alpha value is -2.44. The Kier molecular flexibility index (Phi) is 5.54. The number of carbonyl (C=O) groups is 1. The Labute approximate surface area is 153 Å². The summed E-state index contributed by atoms with van der Waals surface area (Å²) < 4.78 is 5.97.